The summed E-state index contributed by atoms with van der Waals surface area (Å²) in [4.78, 5) is 30.8. The molecule has 6 nitrogen and oxygen atoms in total. The van der Waals surface area contributed by atoms with Crippen LogP contribution in [0.4, 0.5) is 4.39 Å². The van der Waals surface area contributed by atoms with E-state index in [9.17, 15) is 14.0 Å². The van der Waals surface area contributed by atoms with E-state index in [0.29, 0.717) is 48.3 Å². The maximum atomic E-state index is 13.6. The number of amides is 1. The minimum Gasteiger partial charge on any atom is -0.408 e. The van der Waals surface area contributed by atoms with Gasteiger partial charge in [0.05, 0.1) is 5.52 Å². The number of oxazole rings is 1. The fourth-order valence-electron chi connectivity index (χ4n) is 3.61. The van der Waals surface area contributed by atoms with Crippen molar-refractivity contribution in [3.8, 4) is 0 Å². The summed E-state index contributed by atoms with van der Waals surface area (Å²) in [7, 11) is 0. The maximum absolute atomic E-state index is 13.6. The number of rotatable bonds is 2. The van der Waals surface area contributed by atoms with Crippen molar-refractivity contribution < 1.29 is 13.6 Å². The monoisotopic (exact) mass is 389 g/mol. The third-order valence-electron chi connectivity index (χ3n) is 4.86. The van der Waals surface area contributed by atoms with E-state index in [0.717, 1.165) is 0 Å². The number of carbonyl (C=O) groups is 1. The van der Waals surface area contributed by atoms with E-state index in [1.54, 1.807) is 24.0 Å². The Morgan fingerprint density at radius 3 is 2.70 bits per heavy atom. The van der Waals surface area contributed by atoms with Crippen LogP contribution in [0.5, 0.6) is 0 Å². The van der Waals surface area contributed by atoms with Gasteiger partial charge in [0.2, 0.25) is 0 Å². The number of piperidine rings is 1. The van der Waals surface area contributed by atoms with Gasteiger partial charge in [0.25, 0.3) is 5.91 Å². The normalized spacial score (nSPS) is 15.4. The first-order valence-corrected chi connectivity index (χ1v) is 9.04. The first kappa shape index (κ1) is 17.7. The largest absolute Gasteiger partial charge is 0.420 e. The molecule has 1 fully saturated rings. The number of carbonyl (C=O) groups excluding carboxylic acids is 1. The van der Waals surface area contributed by atoms with Gasteiger partial charge in [0.1, 0.15) is 11.0 Å². The summed E-state index contributed by atoms with van der Waals surface area (Å²) < 4.78 is 20.3. The zero-order valence-electron chi connectivity index (χ0n) is 14.6. The van der Waals surface area contributed by atoms with Crippen LogP contribution in [0.15, 0.2) is 39.5 Å². The second kappa shape index (κ2) is 6.81. The summed E-state index contributed by atoms with van der Waals surface area (Å²) >= 11 is 5.95. The number of aromatic nitrogens is 2. The molecule has 0 bridgehead atoms. The van der Waals surface area contributed by atoms with E-state index in [1.807, 2.05) is 0 Å². The van der Waals surface area contributed by atoms with Gasteiger partial charge in [-0.2, -0.15) is 0 Å². The fourth-order valence-corrected chi connectivity index (χ4v) is 3.86. The van der Waals surface area contributed by atoms with E-state index in [-0.39, 0.29) is 17.1 Å². The molecule has 1 aliphatic heterocycles. The summed E-state index contributed by atoms with van der Waals surface area (Å²) in [5.41, 5.74) is 1.99. The van der Waals surface area contributed by atoms with Crippen molar-refractivity contribution in [1.82, 2.24) is 14.5 Å². The minimum absolute atomic E-state index is 0.115. The Morgan fingerprint density at radius 1 is 1.26 bits per heavy atom. The van der Waals surface area contributed by atoms with E-state index in [2.05, 4.69) is 4.98 Å². The fraction of sp³-hybridized carbons (Fsp3) is 0.316. The van der Waals surface area contributed by atoms with Crippen LogP contribution in [-0.4, -0.2) is 33.4 Å². The number of nitrogens with zero attached hydrogens (tertiary/aromatic N) is 3. The first-order valence-electron chi connectivity index (χ1n) is 8.66. The number of aryl methyl sites for hydroxylation is 1. The predicted octanol–water partition coefficient (Wildman–Crippen LogP) is 3.57. The SMILES string of the molecule is Cc1cc(C(=O)N2CCC(n3c(=O)oc4ccc(F)cc43)CC2)cc(Cl)n1. The van der Waals surface area contributed by atoms with E-state index in [4.69, 9.17) is 16.0 Å². The molecule has 0 aliphatic carbocycles. The molecule has 3 heterocycles. The van der Waals surface area contributed by atoms with Crippen LogP contribution >= 0.6 is 11.6 Å². The quantitative estimate of drug-likeness (QED) is 0.628. The van der Waals surface area contributed by atoms with E-state index in [1.165, 1.54) is 22.8 Å². The summed E-state index contributed by atoms with van der Waals surface area (Å²) in [6.07, 6.45) is 1.16. The maximum Gasteiger partial charge on any atom is 0.420 e. The summed E-state index contributed by atoms with van der Waals surface area (Å²) in [5, 5.41) is 0.284. The first-order chi connectivity index (χ1) is 12.9. The Labute approximate surface area is 159 Å². The van der Waals surface area contributed by atoms with Gasteiger partial charge in [0.15, 0.2) is 5.58 Å². The lowest BCUT2D eigenvalue weighted by molar-refractivity contribution is 0.0693. The molecule has 4 rings (SSSR count). The van der Waals surface area contributed by atoms with Crippen molar-refractivity contribution in [3.63, 3.8) is 0 Å². The molecule has 1 saturated heterocycles. The highest BCUT2D eigenvalue weighted by Crippen LogP contribution is 2.27. The molecule has 0 atom stereocenters. The van der Waals surface area contributed by atoms with Crippen molar-refractivity contribution >= 4 is 28.6 Å². The average molecular weight is 390 g/mol. The third-order valence-corrected chi connectivity index (χ3v) is 5.05. The minimum atomic E-state index is -0.503. The van der Waals surface area contributed by atoms with Crippen molar-refractivity contribution in [2.75, 3.05) is 13.1 Å². The Bertz CT molecular complexity index is 1060. The van der Waals surface area contributed by atoms with Crippen molar-refractivity contribution in [2.45, 2.75) is 25.8 Å². The number of fused-ring (bicyclic) bond motifs is 1. The molecule has 0 spiro atoms. The van der Waals surface area contributed by atoms with Crippen LogP contribution in [0, 0.1) is 12.7 Å². The second-order valence-corrected chi connectivity index (χ2v) is 7.08. The smallest absolute Gasteiger partial charge is 0.408 e. The second-order valence-electron chi connectivity index (χ2n) is 6.69. The van der Waals surface area contributed by atoms with E-state index >= 15 is 0 Å². The molecule has 8 heteroatoms. The number of halogens is 2. The Hall–Kier alpha value is -2.67. The highest BCUT2D eigenvalue weighted by atomic mass is 35.5. The van der Waals surface area contributed by atoms with Crippen LogP contribution in [0.25, 0.3) is 11.1 Å². The van der Waals surface area contributed by atoms with Crippen molar-refractivity contribution in [3.05, 3.63) is 63.1 Å². The lowest BCUT2D eigenvalue weighted by Gasteiger charge is -2.32. The highest BCUT2D eigenvalue weighted by Gasteiger charge is 2.27. The molecular weight excluding hydrogens is 373 g/mol. The zero-order chi connectivity index (χ0) is 19.1. The molecule has 140 valence electrons. The number of benzene rings is 1. The number of pyridine rings is 1. The van der Waals surface area contributed by atoms with Crippen molar-refractivity contribution in [2.24, 2.45) is 0 Å². The van der Waals surface area contributed by atoms with Gasteiger partial charge in [-0.15, -0.1) is 0 Å². The summed E-state index contributed by atoms with van der Waals surface area (Å²) in [6, 6.07) is 7.14. The Morgan fingerprint density at radius 2 is 2.00 bits per heavy atom. The Balaban J connectivity index is 1.54. The summed E-state index contributed by atoms with van der Waals surface area (Å²) in [6.45, 7) is 2.75. The number of hydrogen-bond donors (Lipinski definition) is 0. The van der Waals surface area contributed by atoms with Gasteiger partial charge < -0.3 is 9.32 Å². The molecule has 2 aromatic heterocycles. The van der Waals surface area contributed by atoms with Crippen LogP contribution in [0.1, 0.15) is 34.9 Å². The predicted molar refractivity (Wildman–Crippen MR) is 98.6 cm³/mol. The number of hydrogen-bond acceptors (Lipinski definition) is 4. The molecule has 27 heavy (non-hydrogen) atoms. The molecule has 1 amide bonds. The topological polar surface area (TPSA) is 68.3 Å². The van der Waals surface area contributed by atoms with Gasteiger partial charge >= 0.3 is 5.76 Å². The molecular formula is C19H17ClFN3O3. The molecule has 0 N–H and O–H groups in total. The third kappa shape index (κ3) is 3.35. The van der Waals surface area contributed by atoms with Gasteiger partial charge in [-0.3, -0.25) is 9.36 Å². The average Bonchev–Trinajstić information content (AvgIpc) is 2.95. The van der Waals surface area contributed by atoms with E-state index < -0.39 is 11.6 Å². The van der Waals surface area contributed by atoms with Gasteiger partial charge in [-0.05, 0) is 44.0 Å². The van der Waals surface area contributed by atoms with Crippen LogP contribution < -0.4 is 5.76 Å². The lowest BCUT2D eigenvalue weighted by Crippen LogP contribution is -2.40. The van der Waals surface area contributed by atoms with Crippen molar-refractivity contribution in [1.29, 1.82) is 0 Å². The Kier molecular flexibility index (Phi) is 4.47. The van der Waals surface area contributed by atoms with Gasteiger partial charge in [-0.25, -0.2) is 14.2 Å². The molecule has 0 radical (unpaired) electrons. The van der Waals surface area contributed by atoms with Gasteiger partial charge in [-0.1, -0.05) is 11.6 Å². The van der Waals surface area contributed by atoms with Gasteiger partial charge in [0, 0.05) is 36.5 Å². The number of likely N-dealkylation sites (tertiary alicyclic amines) is 1. The lowest BCUT2D eigenvalue weighted by atomic mass is 10.0. The standard InChI is InChI=1S/C19H17ClFN3O3/c1-11-8-12(9-17(20)22-11)18(25)23-6-4-14(5-7-23)24-15-10-13(21)2-3-16(15)27-19(24)26/h2-3,8-10,14H,4-7H2,1H3. The molecule has 0 unspecified atom stereocenters. The van der Waals surface area contributed by atoms with Crippen LogP contribution in [-0.2, 0) is 0 Å². The summed E-state index contributed by atoms with van der Waals surface area (Å²) in [5.74, 6) is -1.04. The molecule has 1 aromatic carbocycles. The zero-order valence-corrected chi connectivity index (χ0v) is 15.4. The van der Waals surface area contributed by atoms with Crippen LogP contribution in [0.2, 0.25) is 5.15 Å². The molecule has 1 aliphatic rings. The highest BCUT2D eigenvalue weighted by molar-refractivity contribution is 6.29. The molecule has 3 aromatic rings. The van der Waals surface area contributed by atoms with Crippen LogP contribution in [0.3, 0.4) is 0 Å². The molecule has 0 saturated carbocycles.